The number of carbonyl (C=O) groups is 2. The fraction of sp³-hybridized carbons (Fsp3) is 0. The summed E-state index contributed by atoms with van der Waals surface area (Å²) in [5.74, 6) is -2.46. The van der Waals surface area contributed by atoms with Gasteiger partial charge >= 0.3 is 11.9 Å². The standard InChI is InChI=1S/C8H6O4.2C3H3N2.2Ni/c9-7(10)5-3-1-2-4-6(5)8(11)12;2*1-2-5-3-4-1;;/h1-4H,(H,9,10)(H,11,12);2*1-2H,(H,4,5);;/q;2*-1;;. The molecule has 0 aliphatic carbocycles. The summed E-state index contributed by atoms with van der Waals surface area (Å²) in [5.41, 5.74) is -0.380. The van der Waals surface area contributed by atoms with Crippen LogP contribution in [0.4, 0.5) is 0 Å². The van der Waals surface area contributed by atoms with Crippen molar-refractivity contribution in [2.75, 3.05) is 0 Å². The zero-order chi connectivity index (χ0) is 16.2. The molecule has 10 heteroatoms. The zero-order valence-corrected chi connectivity index (χ0v) is 13.8. The Morgan fingerprint density at radius 2 is 1.21 bits per heavy atom. The summed E-state index contributed by atoms with van der Waals surface area (Å²) in [4.78, 5) is 33.3. The molecule has 0 spiro atoms. The maximum atomic E-state index is 10.5. The van der Waals surface area contributed by atoms with Gasteiger partial charge in [-0.05, 0) is 24.8 Å². The van der Waals surface area contributed by atoms with Crippen LogP contribution in [0.5, 0.6) is 0 Å². The number of benzene rings is 1. The zero-order valence-electron chi connectivity index (χ0n) is 11.9. The van der Waals surface area contributed by atoms with Gasteiger partial charge in [0.15, 0.2) is 0 Å². The third-order valence-corrected chi connectivity index (χ3v) is 2.11. The second kappa shape index (κ2) is 14.2. The molecule has 8 nitrogen and oxygen atoms in total. The summed E-state index contributed by atoms with van der Waals surface area (Å²) in [5, 5.41) is 17.1. The number of hydrogen-bond donors (Lipinski definition) is 4. The molecule has 134 valence electrons. The monoisotopic (exact) mass is 416 g/mol. The number of carboxylic acid groups (broad SMARTS) is 2. The van der Waals surface area contributed by atoms with Crippen LogP contribution in [0.25, 0.3) is 0 Å². The van der Waals surface area contributed by atoms with Gasteiger partial charge < -0.3 is 30.1 Å². The molecule has 0 aliphatic heterocycles. The van der Waals surface area contributed by atoms with Crippen molar-refractivity contribution in [3.05, 3.63) is 72.8 Å². The third kappa shape index (κ3) is 9.56. The molecule has 0 saturated carbocycles. The fourth-order valence-electron chi connectivity index (χ4n) is 1.23. The molecule has 0 aliphatic rings. The molecule has 0 radical (unpaired) electrons. The van der Waals surface area contributed by atoms with E-state index in [-0.39, 0.29) is 44.1 Å². The summed E-state index contributed by atoms with van der Waals surface area (Å²) in [6.07, 6.45) is 11.7. The van der Waals surface area contributed by atoms with Gasteiger partial charge in [-0.15, -0.1) is 24.8 Å². The van der Waals surface area contributed by atoms with E-state index in [0.717, 1.165) is 0 Å². The van der Waals surface area contributed by atoms with Gasteiger partial charge in [-0.2, -0.15) is 0 Å². The molecule has 3 aromatic rings. The maximum absolute atomic E-state index is 10.5. The minimum atomic E-state index is -1.23. The van der Waals surface area contributed by atoms with Crippen LogP contribution in [0.3, 0.4) is 0 Å². The van der Waals surface area contributed by atoms with Crippen LogP contribution < -0.4 is 0 Å². The minimum Gasteiger partial charge on any atom is -0.478 e. The number of aromatic carboxylic acids is 2. The first-order chi connectivity index (χ1) is 10.6. The molecule has 24 heavy (non-hydrogen) atoms. The van der Waals surface area contributed by atoms with Crippen LogP contribution in [0.2, 0.25) is 0 Å². The van der Waals surface area contributed by atoms with E-state index in [1.54, 1.807) is 24.8 Å². The Hall–Kier alpha value is -2.43. The van der Waals surface area contributed by atoms with E-state index >= 15 is 0 Å². The topological polar surface area (TPSA) is 132 Å². The van der Waals surface area contributed by atoms with Crippen LogP contribution >= 0.6 is 0 Å². The minimum absolute atomic E-state index is 0. The van der Waals surface area contributed by atoms with E-state index in [2.05, 4.69) is 32.6 Å². The van der Waals surface area contributed by atoms with E-state index in [0.29, 0.717) is 0 Å². The predicted molar refractivity (Wildman–Crippen MR) is 75.2 cm³/mol. The van der Waals surface area contributed by atoms with Gasteiger partial charge in [0.2, 0.25) is 0 Å². The molecule has 0 amide bonds. The van der Waals surface area contributed by atoms with Gasteiger partial charge in [-0.25, -0.2) is 9.59 Å². The van der Waals surface area contributed by atoms with Crippen LogP contribution in [0, 0.1) is 12.7 Å². The van der Waals surface area contributed by atoms with Crippen molar-refractivity contribution in [1.29, 1.82) is 0 Å². The van der Waals surface area contributed by atoms with Gasteiger partial charge in [-0.1, -0.05) is 12.1 Å². The second-order valence-corrected chi connectivity index (χ2v) is 3.56. The van der Waals surface area contributed by atoms with E-state index in [4.69, 9.17) is 10.2 Å². The van der Waals surface area contributed by atoms with E-state index in [9.17, 15) is 9.59 Å². The molecular formula is C14H12N4Ni2O4-2. The predicted octanol–water partition coefficient (Wildman–Crippen LogP) is 1.50. The molecule has 3 rings (SSSR count). The Morgan fingerprint density at radius 3 is 1.38 bits per heavy atom. The molecule has 0 saturated heterocycles. The second-order valence-electron chi connectivity index (χ2n) is 3.56. The molecule has 4 N–H and O–H groups in total. The first-order valence-electron chi connectivity index (χ1n) is 5.89. The number of carboxylic acids is 2. The van der Waals surface area contributed by atoms with Crippen molar-refractivity contribution in [3.8, 4) is 0 Å². The van der Waals surface area contributed by atoms with E-state index in [1.807, 2.05) is 0 Å². The van der Waals surface area contributed by atoms with Crippen molar-refractivity contribution in [2.45, 2.75) is 0 Å². The molecule has 0 bridgehead atoms. The normalized spacial score (nSPS) is 8.00. The number of hydrogen-bond acceptors (Lipinski definition) is 4. The fourth-order valence-corrected chi connectivity index (χ4v) is 1.23. The smallest absolute Gasteiger partial charge is 0.336 e. The van der Waals surface area contributed by atoms with Crippen LogP contribution in [-0.2, 0) is 33.0 Å². The van der Waals surface area contributed by atoms with Crippen molar-refractivity contribution in [3.63, 3.8) is 0 Å². The van der Waals surface area contributed by atoms with Crippen LogP contribution in [0.15, 0.2) is 49.1 Å². The number of nitrogens with zero attached hydrogens (tertiary/aromatic N) is 2. The Bertz CT molecular complexity index is 582. The summed E-state index contributed by atoms with van der Waals surface area (Å²) < 4.78 is 0. The van der Waals surface area contributed by atoms with Crippen molar-refractivity contribution in [2.24, 2.45) is 0 Å². The largest absolute Gasteiger partial charge is 0.478 e. The quantitative estimate of drug-likeness (QED) is 0.369. The van der Waals surface area contributed by atoms with E-state index in [1.165, 1.54) is 24.3 Å². The molecule has 1 aromatic carbocycles. The average molecular weight is 418 g/mol. The Kier molecular flexibility index (Phi) is 14.1. The summed E-state index contributed by atoms with van der Waals surface area (Å²) >= 11 is 0. The number of aromatic amines is 2. The molecule has 0 fully saturated rings. The molecule has 0 unspecified atom stereocenters. The van der Waals surface area contributed by atoms with Gasteiger partial charge in [0.05, 0.1) is 11.1 Å². The number of rotatable bonds is 2. The van der Waals surface area contributed by atoms with Crippen LogP contribution in [-0.4, -0.2) is 42.1 Å². The first-order valence-corrected chi connectivity index (χ1v) is 5.89. The summed E-state index contributed by atoms with van der Waals surface area (Å²) in [7, 11) is 0. The van der Waals surface area contributed by atoms with Crippen LogP contribution in [0.1, 0.15) is 20.7 Å². The number of aromatic nitrogens is 4. The van der Waals surface area contributed by atoms with Crippen molar-refractivity contribution < 1.29 is 52.8 Å². The van der Waals surface area contributed by atoms with Gasteiger partial charge in [-0.3, -0.25) is 0 Å². The molecular weight excluding hydrogens is 406 g/mol. The Balaban J connectivity index is 0. The Labute approximate surface area is 157 Å². The number of nitrogens with one attached hydrogen (secondary N) is 2. The van der Waals surface area contributed by atoms with E-state index < -0.39 is 11.9 Å². The number of imidazole rings is 2. The summed E-state index contributed by atoms with van der Waals surface area (Å²) in [6.45, 7) is 0. The summed E-state index contributed by atoms with van der Waals surface area (Å²) in [6, 6.07) is 5.48. The molecule has 0 atom stereocenters. The van der Waals surface area contributed by atoms with Crippen molar-refractivity contribution in [1.82, 2.24) is 19.9 Å². The van der Waals surface area contributed by atoms with Gasteiger partial charge in [0.25, 0.3) is 0 Å². The van der Waals surface area contributed by atoms with Gasteiger partial charge in [0, 0.05) is 33.0 Å². The van der Waals surface area contributed by atoms with Crippen molar-refractivity contribution >= 4 is 11.9 Å². The maximum Gasteiger partial charge on any atom is 0.336 e. The molecule has 2 aromatic heterocycles. The first kappa shape index (κ1) is 23.8. The molecule has 2 heterocycles. The SMILES string of the molecule is O=C(O)c1ccccc1C(=O)O.[Ni].[Ni].[c-]1ncc[nH]1.[c-]1ncc[nH]1. The Morgan fingerprint density at radius 1 is 0.833 bits per heavy atom. The average Bonchev–Trinajstić information content (AvgIpc) is 3.25. The third-order valence-electron chi connectivity index (χ3n) is 2.11. The number of H-pyrrole nitrogens is 2. The van der Waals surface area contributed by atoms with Gasteiger partial charge in [0.1, 0.15) is 0 Å².